The Morgan fingerprint density at radius 2 is 2.12 bits per heavy atom. The quantitative estimate of drug-likeness (QED) is 0.574. The van der Waals surface area contributed by atoms with Crippen LogP contribution in [0.3, 0.4) is 0 Å². The van der Waals surface area contributed by atoms with Crippen LogP contribution in [0.15, 0.2) is 18.2 Å². The van der Waals surface area contributed by atoms with Gasteiger partial charge in [0.05, 0.1) is 19.0 Å². The molecule has 0 saturated heterocycles. The van der Waals surface area contributed by atoms with E-state index in [1.807, 2.05) is 6.92 Å². The third-order valence-corrected chi connectivity index (χ3v) is 3.94. The van der Waals surface area contributed by atoms with Crippen LogP contribution in [0.25, 0.3) is 10.9 Å². The van der Waals surface area contributed by atoms with Crippen LogP contribution in [0.5, 0.6) is 0 Å². The number of benzene rings is 1. The third kappa shape index (κ3) is 4.41. The number of methoxy groups -OCH3 is 1. The lowest BCUT2D eigenvalue weighted by Crippen LogP contribution is -2.12. The van der Waals surface area contributed by atoms with Crippen molar-refractivity contribution in [1.29, 1.82) is 0 Å². The first-order chi connectivity index (χ1) is 11.6. The highest BCUT2D eigenvalue weighted by molar-refractivity contribution is 5.95. The molecule has 130 valence electrons. The Kier molecular flexibility index (Phi) is 6.49. The molecule has 0 saturated carbocycles. The summed E-state index contributed by atoms with van der Waals surface area (Å²) < 4.78 is 18.5. The molecule has 2 N–H and O–H groups in total. The second kappa shape index (κ2) is 8.59. The first-order valence-corrected chi connectivity index (χ1v) is 8.07. The van der Waals surface area contributed by atoms with Gasteiger partial charge in [0.1, 0.15) is 5.82 Å². The van der Waals surface area contributed by atoms with Gasteiger partial charge in [0.25, 0.3) is 0 Å². The van der Waals surface area contributed by atoms with E-state index in [2.05, 4.69) is 10.3 Å². The van der Waals surface area contributed by atoms with Crippen LogP contribution in [0, 0.1) is 12.7 Å². The molecular weight excluding hydrogens is 311 g/mol. The molecular formula is C18H23FN2O3. The van der Waals surface area contributed by atoms with Crippen LogP contribution in [-0.4, -0.2) is 36.3 Å². The van der Waals surface area contributed by atoms with E-state index < -0.39 is 0 Å². The monoisotopic (exact) mass is 334 g/mol. The van der Waals surface area contributed by atoms with Crippen molar-refractivity contribution in [3.8, 4) is 0 Å². The van der Waals surface area contributed by atoms with Crippen molar-refractivity contribution in [2.45, 2.75) is 32.6 Å². The van der Waals surface area contributed by atoms with Crippen molar-refractivity contribution in [2.75, 3.05) is 25.6 Å². The molecule has 0 amide bonds. The fourth-order valence-corrected chi connectivity index (χ4v) is 2.66. The first-order valence-electron chi connectivity index (χ1n) is 8.07. The Labute approximate surface area is 140 Å². The molecule has 1 heterocycles. The number of esters is 1. The van der Waals surface area contributed by atoms with Crippen molar-refractivity contribution in [3.05, 3.63) is 35.3 Å². The summed E-state index contributed by atoms with van der Waals surface area (Å²) in [4.78, 5) is 16.2. The summed E-state index contributed by atoms with van der Waals surface area (Å²) in [5.41, 5.74) is 2.85. The van der Waals surface area contributed by atoms with E-state index in [1.165, 1.54) is 19.2 Å². The number of hydrogen-bond donors (Lipinski definition) is 2. The summed E-state index contributed by atoms with van der Waals surface area (Å²) >= 11 is 0. The highest BCUT2D eigenvalue weighted by atomic mass is 19.1. The summed E-state index contributed by atoms with van der Waals surface area (Å²) in [5.74, 6) is -0.709. The van der Waals surface area contributed by atoms with Gasteiger partial charge in [-0.25, -0.2) is 4.39 Å². The van der Waals surface area contributed by atoms with Crippen LogP contribution >= 0.6 is 0 Å². The molecule has 24 heavy (non-hydrogen) atoms. The largest absolute Gasteiger partial charge is 0.469 e. The standard InChI is InChI=1S/C18H23FN2O3/c1-12-14(11-17(23)24-2)18(20-8-4-3-5-9-22)15-10-13(19)6-7-16(15)21-12/h6-7,10,22H,3-5,8-9,11H2,1-2H3,(H,20,21). The van der Waals surface area contributed by atoms with Crippen molar-refractivity contribution in [3.63, 3.8) is 0 Å². The van der Waals surface area contributed by atoms with Crippen molar-refractivity contribution >= 4 is 22.6 Å². The van der Waals surface area contributed by atoms with E-state index in [1.54, 1.807) is 6.07 Å². The van der Waals surface area contributed by atoms with Gasteiger partial charge in [-0.2, -0.15) is 0 Å². The van der Waals surface area contributed by atoms with Crippen LogP contribution in [-0.2, 0) is 16.0 Å². The molecule has 0 radical (unpaired) electrons. The number of hydrogen-bond acceptors (Lipinski definition) is 5. The molecule has 1 aromatic carbocycles. The molecule has 0 atom stereocenters. The Morgan fingerprint density at radius 3 is 2.83 bits per heavy atom. The number of carbonyl (C=O) groups excluding carboxylic acids is 1. The maximum Gasteiger partial charge on any atom is 0.310 e. The Balaban J connectivity index is 2.38. The molecule has 1 aromatic heterocycles. The summed E-state index contributed by atoms with van der Waals surface area (Å²) in [6.45, 7) is 2.68. The van der Waals surface area contributed by atoms with E-state index in [4.69, 9.17) is 9.84 Å². The molecule has 0 spiro atoms. The fraction of sp³-hybridized carbons (Fsp3) is 0.444. The minimum Gasteiger partial charge on any atom is -0.469 e. The predicted molar refractivity (Wildman–Crippen MR) is 91.6 cm³/mol. The molecule has 0 fully saturated rings. The van der Waals surface area contributed by atoms with Crippen LogP contribution in [0.2, 0.25) is 0 Å². The normalized spacial score (nSPS) is 10.8. The number of aliphatic hydroxyl groups is 1. The van der Waals surface area contributed by atoms with Gasteiger partial charge in [-0.3, -0.25) is 9.78 Å². The number of carbonyl (C=O) groups is 1. The summed E-state index contributed by atoms with van der Waals surface area (Å²) in [6.07, 6.45) is 2.60. The SMILES string of the molecule is COC(=O)Cc1c(C)nc2ccc(F)cc2c1NCCCCCO. The van der Waals surface area contributed by atoms with Gasteiger partial charge >= 0.3 is 5.97 Å². The van der Waals surface area contributed by atoms with Crippen LogP contribution in [0.4, 0.5) is 10.1 Å². The molecule has 0 aliphatic rings. The molecule has 2 aromatic rings. The number of aromatic nitrogens is 1. The van der Waals surface area contributed by atoms with Gasteiger partial charge < -0.3 is 15.2 Å². The molecule has 0 aliphatic carbocycles. The predicted octanol–water partition coefficient (Wildman–Crippen LogP) is 2.97. The number of halogens is 1. The lowest BCUT2D eigenvalue weighted by molar-refractivity contribution is -0.139. The Morgan fingerprint density at radius 1 is 1.33 bits per heavy atom. The molecule has 2 rings (SSSR count). The minimum absolute atomic E-state index is 0.0841. The number of nitrogens with zero attached hydrogens (tertiary/aromatic N) is 1. The van der Waals surface area contributed by atoms with E-state index >= 15 is 0 Å². The first kappa shape index (κ1) is 18.1. The molecule has 5 nitrogen and oxygen atoms in total. The second-order valence-electron chi connectivity index (χ2n) is 5.68. The Bertz CT molecular complexity index is 719. The summed E-state index contributed by atoms with van der Waals surface area (Å²) in [5, 5.41) is 12.8. The molecule has 0 aliphatic heterocycles. The fourth-order valence-electron chi connectivity index (χ4n) is 2.66. The number of fused-ring (bicyclic) bond motifs is 1. The number of nitrogens with one attached hydrogen (secondary N) is 1. The highest BCUT2D eigenvalue weighted by Crippen LogP contribution is 2.30. The number of aliphatic hydroxyl groups excluding tert-OH is 1. The number of ether oxygens (including phenoxy) is 1. The number of pyridine rings is 1. The summed E-state index contributed by atoms with van der Waals surface area (Å²) in [6, 6.07) is 4.44. The topological polar surface area (TPSA) is 71.5 Å². The molecule has 0 unspecified atom stereocenters. The van der Waals surface area contributed by atoms with Crippen LogP contribution in [0.1, 0.15) is 30.5 Å². The van der Waals surface area contributed by atoms with E-state index in [-0.39, 0.29) is 24.8 Å². The minimum atomic E-state index is -0.362. The van der Waals surface area contributed by atoms with Crippen molar-refractivity contribution < 1.29 is 19.0 Å². The molecule has 0 bridgehead atoms. The maximum absolute atomic E-state index is 13.7. The van der Waals surface area contributed by atoms with Gasteiger partial charge in [-0.05, 0) is 44.4 Å². The van der Waals surface area contributed by atoms with E-state index in [9.17, 15) is 9.18 Å². The number of unbranched alkanes of at least 4 members (excludes halogenated alkanes) is 2. The highest BCUT2D eigenvalue weighted by Gasteiger charge is 2.16. The number of rotatable bonds is 8. The van der Waals surface area contributed by atoms with Gasteiger partial charge in [0.15, 0.2) is 0 Å². The smallest absolute Gasteiger partial charge is 0.310 e. The zero-order valence-corrected chi connectivity index (χ0v) is 14.1. The van der Waals surface area contributed by atoms with Gasteiger partial charge in [0, 0.05) is 35.5 Å². The summed E-state index contributed by atoms with van der Waals surface area (Å²) in [7, 11) is 1.34. The van der Waals surface area contributed by atoms with E-state index in [0.717, 1.165) is 36.2 Å². The average molecular weight is 334 g/mol. The van der Waals surface area contributed by atoms with Crippen molar-refractivity contribution in [1.82, 2.24) is 4.98 Å². The second-order valence-corrected chi connectivity index (χ2v) is 5.68. The van der Waals surface area contributed by atoms with Gasteiger partial charge in [-0.15, -0.1) is 0 Å². The van der Waals surface area contributed by atoms with Gasteiger partial charge in [0.2, 0.25) is 0 Å². The Hall–Kier alpha value is -2.21. The molecule has 6 heteroatoms. The zero-order chi connectivity index (χ0) is 17.5. The third-order valence-electron chi connectivity index (χ3n) is 3.94. The van der Waals surface area contributed by atoms with Crippen LogP contribution < -0.4 is 5.32 Å². The number of aryl methyl sites for hydroxylation is 1. The van der Waals surface area contributed by atoms with Gasteiger partial charge in [-0.1, -0.05) is 0 Å². The van der Waals surface area contributed by atoms with E-state index in [0.29, 0.717) is 17.4 Å². The maximum atomic E-state index is 13.7. The van der Waals surface area contributed by atoms with Crippen molar-refractivity contribution in [2.24, 2.45) is 0 Å². The average Bonchev–Trinajstić information content (AvgIpc) is 2.57. The lowest BCUT2D eigenvalue weighted by Gasteiger charge is -2.17. The zero-order valence-electron chi connectivity index (χ0n) is 14.1. The lowest BCUT2D eigenvalue weighted by atomic mass is 10.0. The number of anilines is 1.